The molecule has 4 rings (SSSR count). The predicted molar refractivity (Wildman–Crippen MR) is 71.5 cm³/mol. The first-order chi connectivity index (χ1) is 9.75. The molecule has 0 spiro atoms. The molecule has 1 aliphatic heterocycles. The van der Waals surface area contributed by atoms with Crippen molar-refractivity contribution in [2.24, 2.45) is 0 Å². The minimum atomic E-state index is -0.418. The molecule has 0 saturated heterocycles. The van der Waals surface area contributed by atoms with Gasteiger partial charge in [0.2, 0.25) is 0 Å². The summed E-state index contributed by atoms with van der Waals surface area (Å²) in [5, 5.41) is 8.58. The maximum Gasteiger partial charge on any atom is 0.270 e. The SMILES string of the molecule is O=C1CCCC2=C1[C@H](c1ccco1)c1c([nH][nH]c1=O)N2. The lowest BCUT2D eigenvalue weighted by Crippen LogP contribution is -2.28. The summed E-state index contributed by atoms with van der Waals surface area (Å²) in [6.45, 7) is 0. The number of anilines is 1. The first kappa shape index (κ1) is 11.3. The van der Waals surface area contributed by atoms with Crippen LogP contribution in [0.15, 0.2) is 38.9 Å². The van der Waals surface area contributed by atoms with Crippen molar-refractivity contribution in [1.82, 2.24) is 10.2 Å². The number of Topliss-reactive ketones (excluding diaryl/α,β-unsaturated/α-hetero) is 1. The number of ketones is 1. The standard InChI is InChI=1S/C14H13N3O3/c18-8-4-1-3-7-10(8)11(9-5-2-6-20-9)12-13(15-7)16-17-14(12)19/h2,5-6,11H,1,3-4H2,(H3,15,16,17,19)/t11-/m0/s1. The molecular weight excluding hydrogens is 258 g/mol. The van der Waals surface area contributed by atoms with Gasteiger partial charge in [-0.3, -0.25) is 19.8 Å². The second kappa shape index (κ2) is 4.00. The van der Waals surface area contributed by atoms with Gasteiger partial charge in [0.25, 0.3) is 5.56 Å². The molecule has 0 aromatic carbocycles. The van der Waals surface area contributed by atoms with Gasteiger partial charge in [-0.05, 0) is 25.0 Å². The molecule has 1 aliphatic carbocycles. The van der Waals surface area contributed by atoms with E-state index in [0.717, 1.165) is 18.5 Å². The van der Waals surface area contributed by atoms with Crippen molar-refractivity contribution in [2.45, 2.75) is 25.2 Å². The molecule has 20 heavy (non-hydrogen) atoms. The number of hydrogen-bond donors (Lipinski definition) is 3. The van der Waals surface area contributed by atoms with Crippen LogP contribution in [0.5, 0.6) is 0 Å². The molecule has 6 nitrogen and oxygen atoms in total. The zero-order chi connectivity index (χ0) is 13.7. The van der Waals surface area contributed by atoms with Crippen molar-refractivity contribution in [1.29, 1.82) is 0 Å². The lowest BCUT2D eigenvalue weighted by Gasteiger charge is -2.29. The molecule has 0 amide bonds. The van der Waals surface area contributed by atoms with Crippen molar-refractivity contribution in [2.75, 3.05) is 5.32 Å². The molecule has 2 aliphatic rings. The van der Waals surface area contributed by atoms with Crippen LogP contribution in [0.4, 0.5) is 5.82 Å². The molecule has 3 heterocycles. The normalized spacial score (nSPS) is 21.4. The Kier molecular flexibility index (Phi) is 2.26. The van der Waals surface area contributed by atoms with E-state index in [1.165, 1.54) is 0 Å². The van der Waals surface area contributed by atoms with Crippen LogP contribution in [0.2, 0.25) is 0 Å². The third-order valence-electron chi connectivity index (χ3n) is 3.95. The highest BCUT2D eigenvalue weighted by molar-refractivity contribution is 6.00. The highest BCUT2D eigenvalue weighted by atomic mass is 16.3. The fraction of sp³-hybridized carbons (Fsp3) is 0.286. The van der Waals surface area contributed by atoms with Gasteiger partial charge >= 0.3 is 0 Å². The number of carbonyl (C=O) groups is 1. The number of aromatic amines is 2. The molecule has 0 bridgehead atoms. The number of nitrogens with one attached hydrogen (secondary N) is 3. The number of H-pyrrole nitrogens is 2. The molecule has 1 atom stereocenters. The number of aromatic nitrogens is 2. The Morgan fingerprint density at radius 3 is 2.90 bits per heavy atom. The average molecular weight is 271 g/mol. The zero-order valence-corrected chi connectivity index (χ0v) is 10.7. The number of furan rings is 1. The van der Waals surface area contributed by atoms with Gasteiger partial charge < -0.3 is 9.73 Å². The first-order valence-corrected chi connectivity index (χ1v) is 6.63. The molecule has 2 aromatic rings. The highest BCUT2D eigenvalue weighted by Gasteiger charge is 2.38. The number of rotatable bonds is 1. The smallest absolute Gasteiger partial charge is 0.270 e. The van der Waals surface area contributed by atoms with Gasteiger partial charge in [0.15, 0.2) is 5.78 Å². The summed E-state index contributed by atoms with van der Waals surface area (Å²) in [7, 11) is 0. The first-order valence-electron chi connectivity index (χ1n) is 6.63. The summed E-state index contributed by atoms with van der Waals surface area (Å²) < 4.78 is 5.47. The van der Waals surface area contributed by atoms with Gasteiger partial charge in [-0.15, -0.1) is 0 Å². The van der Waals surface area contributed by atoms with Crippen LogP contribution >= 0.6 is 0 Å². The van der Waals surface area contributed by atoms with Crippen molar-refractivity contribution >= 4 is 11.6 Å². The lowest BCUT2D eigenvalue weighted by molar-refractivity contribution is -0.116. The van der Waals surface area contributed by atoms with E-state index in [9.17, 15) is 9.59 Å². The number of allylic oxidation sites excluding steroid dienone is 2. The van der Waals surface area contributed by atoms with Crippen LogP contribution < -0.4 is 10.9 Å². The van der Waals surface area contributed by atoms with Crippen LogP contribution in [0.25, 0.3) is 0 Å². The largest absolute Gasteiger partial charge is 0.468 e. The summed E-state index contributed by atoms with van der Waals surface area (Å²) in [6, 6.07) is 3.57. The molecule has 102 valence electrons. The number of fused-ring (bicyclic) bond motifs is 1. The second-order valence-electron chi connectivity index (χ2n) is 5.11. The maximum absolute atomic E-state index is 12.3. The van der Waals surface area contributed by atoms with E-state index in [1.54, 1.807) is 18.4 Å². The average Bonchev–Trinajstić information content (AvgIpc) is 3.08. The minimum Gasteiger partial charge on any atom is -0.468 e. The third kappa shape index (κ3) is 1.44. The summed E-state index contributed by atoms with van der Waals surface area (Å²) in [6.07, 6.45) is 3.73. The van der Waals surface area contributed by atoms with Crippen molar-refractivity contribution in [3.63, 3.8) is 0 Å². The fourth-order valence-electron chi connectivity index (χ4n) is 3.11. The Morgan fingerprint density at radius 2 is 2.10 bits per heavy atom. The summed E-state index contributed by atoms with van der Waals surface area (Å²) >= 11 is 0. The molecule has 0 saturated carbocycles. The molecule has 6 heteroatoms. The lowest BCUT2D eigenvalue weighted by atomic mass is 9.79. The van der Waals surface area contributed by atoms with Gasteiger partial charge in [-0.2, -0.15) is 0 Å². The van der Waals surface area contributed by atoms with Gasteiger partial charge in [-0.1, -0.05) is 0 Å². The minimum absolute atomic E-state index is 0.0893. The van der Waals surface area contributed by atoms with E-state index in [-0.39, 0.29) is 11.3 Å². The summed E-state index contributed by atoms with van der Waals surface area (Å²) in [5.41, 5.74) is 1.86. The van der Waals surface area contributed by atoms with E-state index >= 15 is 0 Å². The van der Waals surface area contributed by atoms with Crippen LogP contribution in [-0.4, -0.2) is 16.0 Å². The van der Waals surface area contributed by atoms with E-state index in [0.29, 0.717) is 29.1 Å². The number of carbonyl (C=O) groups excluding carboxylic acids is 1. The molecule has 3 N–H and O–H groups in total. The van der Waals surface area contributed by atoms with Crippen molar-refractivity contribution < 1.29 is 9.21 Å². The topological polar surface area (TPSA) is 90.9 Å². The highest BCUT2D eigenvalue weighted by Crippen LogP contribution is 2.43. The third-order valence-corrected chi connectivity index (χ3v) is 3.95. The van der Waals surface area contributed by atoms with Crippen molar-refractivity contribution in [3.8, 4) is 0 Å². The van der Waals surface area contributed by atoms with Gasteiger partial charge in [-0.25, -0.2) is 0 Å². The van der Waals surface area contributed by atoms with Crippen LogP contribution in [-0.2, 0) is 4.79 Å². The fourth-order valence-corrected chi connectivity index (χ4v) is 3.11. The molecular formula is C14H13N3O3. The summed E-state index contributed by atoms with van der Waals surface area (Å²) in [5.74, 6) is 0.927. The Morgan fingerprint density at radius 1 is 1.20 bits per heavy atom. The molecule has 0 radical (unpaired) electrons. The van der Waals surface area contributed by atoms with Crippen molar-refractivity contribution in [3.05, 3.63) is 51.3 Å². The summed E-state index contributed by atoms with van der Waals surface area (Å²) in [4.78, 5) is 24.4. The predicted octanol–water partition coefficient (Wildman–Crippen LogP) is 1.86. The van der Waals surface area contributed by atoms with Crippen LogP contribution in [0.3, 0.4) is 0 Å². The Balaban J connectivity index is 1.99. The zero-order valence-electron chi connectivity index (χ0n) is 10.7. The van der Waals surface area contributed by atoms with E-state index in [4.69, 9.17) is 4.42 Å². The quantitative estimate of drug-likeness (QED) is 0.738. The van der Waals surface area contributed by atoms with Crippen LogP contribution in [0, 0.1) is 0 Å². The van der Waals surface area contributed by atoms with Crippen LogP contribution in [0.1, 0.15) is 36.5 Å². The van der Waals surface area contributed by atoms with Gasteiger partial charge in [0, 0.05) is 17.7 Å². The van der Waals surface area contributed by atoms with Gasteiger partial charge in [0.05, 0.1) is 17.7 Å². The Labute approximate surface area is 113 Å². The molecule has 0 unspecified atom stereocenters. The van der Waals surface area contributed by atoms with E-state index in [1.807, 2.05) is 0 Å². The monoisotopic (exact) mass is 271 g/mol. The second-order valence-corrected chi connectivity index (χ2v) is 5.11. The van der Waals surface area contributed by atoms with E-state index < -0.39 is 5.92 Å². The van der Waals surface area contributed by atoms with E-state index in [2.05, 4.69) is 15.5 Å². The molecule has 2 aromatic heterocycles. The Bertz CT molecular complexity index is 764. The Hall–Kier alpha value is -2.50. The maximum atomic E-state index is 12.3. The number of hydrogen-bond acceptors (Lipinski definition) is 4. The molecule has 0 fully saturated rings. The van der Waals surface area contributed by atoms with Gasteiger partial charge in [0.1, 0.15) is 11.6 Å².